The predicted octanol–water partition coefficient (Wildman–Crippen LogP) is 3.82. The van der Waals surface area contributed by atoms with E-state index in [0.29, 0.717) is 0 Å². The lowest BCUT2D eigenvalue weighted by Crippen LogP contribution is -2.35. The summed E-state index contributed by atoms with van der Waals surface area (Å²) in [5.41, 5.74) is 2.55. The minimum atomic E-state index is 0.123. The number of aromatic nitrogens is 2. The number of pyridine rings is 2. The van der Waals surface area contributed by atoms with Gasteiger partial charge in [-0.05, 0) is 51.0 Å². The van der Waals surface area contributed by atoms with E-state index in [0.717, 1.165) is 16.5 Å². The van der Waals surface area contributed by atoms with Crippen LogP contribution in [0.15, 0.2) is 46.7 Å². The van der Waals surface area contributed by atoms with Crippen molar-refractivity contribution >= 4 is 11.8 Å². The molecule has 2 heterocycles. The molecule has 0 aliphatic rings. The summed E-state index contributed by atoms with van der Waals surface area (Å²) in [5.74, 6) is 0. The molecule has 0 saturated carbocycles. The summed E-state index contributed by atoms with van der Waals surface area (Å²) in [6.45, 7) is 9.46. The fraction of sp³-hybridized carbons (Fsp3) is 0.375. The topological polar surface area (TPSA) is 37.8 Å². The molecule has 0 bridgehead atoms. The van der Waals surface area contributed by atoms with Crippen molar-refractivity contribution in [2.75, 3.05) is 0 Å². The maximum Gasteiger partial charge on any atom is 0.104 e. The van der Waals surface area contributed by atoms with Crippen LogP contribution in [0.5, 0.6) is 0 Å². The van der Waals surface area contributed by atoms with Gasteiger partial charge in [-0.25, -0.2) is 4.98 Å². The summed E-state index contributed by atoms with van der Waals surface area (Å²) in [6, 6.07) is 6.21. The zero-order chi connectivity index (χ0) is 14.6. The van der Waals surface area contributed by atoms with Crippen LogP contribution >= 0.6 is 11.8 Å². The molecular formula is C16H21N3S. The van der Waals surface area contributed by atoms with Crippen LogP contribution in [-0.4, -0.2) is 15.5 Å². The molecule has 106 valence electrons. The number of rotatable bonds is 4. The molecule has 0 aromatic carbocycles. The average Bonchev–Trinajstić information content (AvgIpc) is 2.40. The second-order valence-corrected chi connectivity index (χ2v) is 6.92. The molecule has 4 heteroatoms. The third-order valence-corrected chi connectivity index (χ3v) is 3.90. The van der Waals surface area contributed by atoms with Crippen LogP contribution in [-0.2, 0) is 6.54 Å². The van der Waals surface area contributed by atoms with Crippen LogP contribution in [0.1, 0.15) is 31.9 Å². The first-order chi connectivity index (χ1) is 9.44. The molecule has 0 spiro atoms. The van der Waals surface area contributed by atoms with Crippen molar-refractivity contribution in [2.24, 2.45) is 0 Å². The molecular weight excluding hydrogens is 266 g/mol. The van der Waals surface area contributed by atoms with E-state index in [2.05, 4.69) is 49.0 Å². The standard InChI is InChI=1S/C16H21N3S/c1-12-9-13(11-19-16(2,3)4)10-18-15(12)20-14-5-7-17-8-6-14/h5-10,19H,11H2,1-4H3. The summed E-state index contributed by atoms with van der Waals surface area (Å²) < 4.78 is 0. The maximum absolute atomic E-state index is 4.58. The molecule has 0 aliphatic carbocycles. The largest absolute Gasteiger partial charge is 0.308 e. The van der Waals surface area contributed by atoms with Gasteiger partial charge in [0.25, 0.3) is 0 Å². The summed E-state index contributed by atoms with van der Waals surface area (Å²) in [5, 5.41) is 4.53. The normalized spacial score (nSPS) is 11.6. The van der Waals surface area contributed by atoms with Gasteiger partial charge >= 0.3 is 0 Å². The molecule has 0 aliphatic heterocycles. The Morgan fingerprint density at radius 3 is 2.50 bits per heavy atom. The lowest BCUT2D eigenvalue weighted by molar-refractivity contribution is 0.424. The maximum atomic E-state index is 4.58. The van der Waals surface area contributed by atoms with Crippen LogP contribution in [0.2, 0.25) is 0 Å². The van der Waals surface area contributed by atoms with E-state index in [1.807, 2.05) is 18.3 Å². The Balaban J connectivity index is 2.06. The number of nitrogens with one attached hydrogen (secondary N) is 1. The highest BCUT2D eigenvalue weighted by Crippen LogP contribution is 2.28. The lowest BCUT2D eigenvalue weighted by atomic mass is 10.1. The van der Waals surface area contributed by atoms with Crippen molar-refractivity contribution in [3.8, 4) is 0 Å². The van der Waals surface area contributed by atoms with Gasteiger partial charge in [0.2, 0.25) is 0 Å². The van der Waals surface area contributed by atoms with Crippen molar-refractivity contribution in [3.63, 3.8) is 0 Å². The number of hydrogen-bond donors (Lipinski definition) is 1. The Bertz CT molecular complexity index is 562. The molecule has 0 amide bonds. The zero-order valence-electron chi connectivity index (χ0n) is 12.5. The Hall–Kier alpha value is -1.39. The van der Waals surface area contributed by atoms with Gasteiger partial charge in [0.1, 0.15) is 5.03 Å². The Kier molecular flexibility index (Phi) is 4.78. The smallest absolute Gasteiger partial charge is 0.104 e. The Morgan fingerprint density at radius 2 is 1.90 bits per heavy atom. The molecule has 3 nitrogen and oxygen atoms in total. The third kappa shape index (κ3) is 4.62. The minimum absolute atomic E-state index is 0.123. The molecule has 2 aromatic rings. The summed E-state index contributed by atoms with van der Waals surface area (Å²) >= 11 is 1.68. The monoisotopic (exact) mass is 287 g/mol. The van der Waals surface area contributed by atoms with E-state index >= 15 is 0 Å². The SMILES string of the molecule is Cc1cc(CNC(C)(C)C)cnc1Sc1ccncc1. The summed E-state index contributed by atoms with van der Waals surface area (Å²) in [4.78, 5) is 9.77. The summed E-state index contributed by atoms with van der Waals surface area (Å²) in [6.07, 6.45) is 5.56. The van der Waals surface area contributed by atoms with Crippen molar-refractivity contribution < 1.29 is 0 Å². The van der Waals surface area contributed by atoms with E-state index < -0.39 is 0 Å². The first-order valence-electron chi connectivity index (χ1n) is 6.72. The molecule has 0 unspecified atom stereocenters. The van der Waals surface area contributed by atoms with Crippen LogP contribution < -0.4 is 5.32 Å². The minimum Gasteiger partial charge on any atom is -0.308 e. The van der Waals surface area contributed by atoms with E-state index in [1.54, 1.807) is 24.2 Å². The Labute approximate surface area is 125 Å². The van der Waals surface area contributed by atoms with E-state index in [4.69, 9.17) is 0 Å². The van der Waals surface area contributed by atoms with Gasteiger partial charge in [-0.15, -0.1) is 0 Å². The van der Waals surface area contributed by atoms with Gasteiger partial charge in [-0.3, -0.25) is 4.98 Å². The summed E-state index contributed by atoms with van der Waals surface area (Å²) in [7, 11) is 0. The van der Waals surface area contributed by atoms with Crippen LogP contribution in [0.25, 0.3) is 0 Å². The van der Waals surface area contributed by atoms with Crippen molar-refractivity contribution in [3.05, 3.63) is 47.9 Å². The second kappa shape index (κ2) is 6.37. The number of aryl methyl sites for hydroxylation is 1. The van der Waals surface area contributed by atoms with Crippen molar-refractivity contribution in [2.45, 2.75) is 49.7 Å². The number of nitrogens with zero attached hydrogens (tertiary/aromatic N) is 2. The highest BCUT2D eigenvalue weighted by Gasteiger charge is 2.09. The number of hydrogen-bond acceptors (Lipinski definition) is 4. The zero-order valence-corrected chi connectivity index (χ0v) is 13.3. The first-order valence-corrected chi connectivity index (χ1v) is 7.54. The van der Waals surface area contributed by atoms with E-state index in [9.17, 15) is 0 Å². The van der Waals surface area contributed by atoms with Gasteiger partial charge in [0.05, 0.1) is 0 Å². The predicted molar refractivity (Wildman–Crippen MR) is 83.9 cm³/mol. The highest BCUT2D eigenvalue weighted by atomic mass is 32.2. The van der Waals surface area contributed by atoms with Gasteiger partial charge in [0, 0.05) is 35.6 Å². The molecule has 20 heavy (non-hydrogen) atoms. The van der Waals surface area contributed by atoms with Crippen molar-refractivity contribution in [1.29, 1.82) is 0 Å². The van der Waals surface area contributed by atoms with Crippen molar-refractivity contribution in [1.82, 2.24) is 15.3 Å². The quantitative estimate of drug-likeness (QED) is 0.927. The molecule has 2 rings (SSSR count). The van der Waals surface area contributed by atoms with Gasteiger partial charge in [0.15, 0.2) is 0 Å². The lowest BCUT2D eigenvalue weighted by Gasteiger charge is -2.20. The molecule has 0 fully saturated rings. The molecule has 0 atom stereocenters. The van der Waals surface area contributed by atoms with Gasteiger partial charge in [-0.2, -0.15) is 0 Å². The molecule has 0 saturated heterocycles. The fourth-order valence-corrected chi connectivity index (χ4v) is 2.52. The van der Waals surface area contributed by atoms with Crippen LogP contribution in [0.3, 0.4) is 0 Å². The molecule has 2 aromatic heterocycles. The van der Waals surface area contributed by atoms with Crippen LogP contribution in [0.4, 0.5) is 0 Å². The highest BCUT2D eigenvalue weighted by molar-refractivity contribution is 7.99. The first kappa shape index (κ1) is 15.0. The van der Waals surface area contributed by atoms with E-state index in [1.165, 1.54) is 11.1 Å². The Morgan fingerprint density at radius 1 is 1.20 bits per heavy atom. The third-order valence-electron chi connectivity index (χ3n) is 2.77. The van der Waals surface area contributed by atoms with E-state index in [-0.39, 0.29) is 5.54 Å². The second-order valence-electron chi connectivity index (χ2n) is 5.85. The van der Waals surface area contributed by atoms with Crippen LogP contribution in [0, 0.1) is 6.92 Å². The van der Waals surface area contributed by atoms with Gasteiger partial charge < -0.3 is 5.32 Å². The fourth-order valence-electron chi connectivity index (χ4n) is 1.71. The average molecular weight is 287 g/mol. The van der Waals surface area contributed by atoms with Gasteiger partial charge in [-0.1, -0.05) is 17.8 Å². The molecule has 0 radical (unpaired) electrons. The molecule has 1 N–H and O–H groups in total.